The van der Waals surface area contributed by atoms with Crippen LogP contribution >= 0.6 is 0 Å². The van der Waals surface area contributed by atoms with Crippen molar-refractivity contribution in [2.45, 2.75) is 26.5 Å². The Hall–Kier alpha value is -0.610. The van der Waals surface area contributed by atoms with Crippen molar-refractivity contribution in [3.05, 3.63) is 0 Å². The summed E-state index contributed by atoms with van der Waals surface area (Å²) in [5, 5.41) is 2.48. The predicted octanol–water partition coefficient (Wildman–Crippen LogP) is -0.251. The summed E-state index contributed by atoms with van der Waals surface area (Å²) >= 11 is 0. The molecular weight excluding hydrogens is 120 g/mol. The number of nitrogens with two attached hydrogens (primary N) is 1. The van der Waals surface area contributed by atoms with Crippen LogP contribution in [-0.2, 0) is 9.63 Å². The van der Waals surface area contributed by atoms with Gasteiger partial charge in [-0.25, -0.2) is 5.90 Å². The third-order valence-corrected chi connectivity index (χ3v) is 0.772. The zero-order valence-electron chi connectivity index (χ0n) is 5.89. The molecule has 0 aliphatic heterocycles. The molecule has 0 unspecified atom stereocenters. The van der Waals surface area contributed by atoms with Crippen molar-refractivity contribution < 1.29 is 9.63 Å². The van der Waals surface area contributed by atoms with E-state index in [-0.39, 0.29) is 5.91 Å². The lowest BCUT2D eigenvalue weighted by atomic mass is 10.3. The zero-order chi connectivity index (χ0) is 7.49. The van der Waals surface area contributed by atoms with E-state index < -0.39 is 5.72 Å². The minimum atomic E-state index is -0.758. The highest BCUT2D eigenvalue weighted by Crippen LogP contribution is 1.98. The second-order valence-corrected chi connectivity index (χ2v) is 2.31. The van der Waals surface area contributed by atoms with Crippen LogP contribution in [0.15, 0.2) is 0 Å². The van der Waals surface area contributed by atoms with Gasteiger partial charge < -0.3 is 5.32 Å². The van der Waals surface area contributed by atoms with Crippen LogP contribution in [0.3, 0.4) is 0 Å². The molecular formula is C5H12N2O2. The third kappa shape index (κ3) is 3.93. The zero-order valence-corrected chi connectivity index (χ0v) is 5.89. The molecule has 9 heavy (non-hydrogen) atoms. The van der Waals surface area contributed by atoms with E-state index in [0.717, 1.165) is 0 Å². The lowest BCUT2D eigenvalue weighted by Crippen LogP contribution is -2.46. The Bertz CT molecular complexity index is 112. The summed E-state index contributed by atoms with van der Waals surface area (Å²) in [6.07, 6.45) is 0. The smallest absolute Gasteiger partial charge is 0.219 e. The van der Waals surface area contributed by atoms with Gasteiger partial charge in [0.1, 0.15) is 0 Å². The first-order chi connectivity index (χ1) is 3.98. The highest BCUT2D eigenvalue weighted by Gasteiger charge is 2.16. The molecule has 0 aromatic rings. The lowest BCUT2D eigenvalue weighted by molar-refractivity contribution is -0.129. The number of carbonyl (C=O) groups excluding carboxylic acids is 1. The van der Waals surface area contributed by atoms with Gasteiger partial charge >= 0.3 is 0 Å². The second-order valence-electron chi connectivity index (χ2n) is 2.31. The summed E-state index contributed by atoms with van der Waals surface area (Å²) in [4.78, 5) is 14.8. The summed E-state index contributed by atoms with van der Waals surface area (Å²) in [6.45, 7) is 4.73. The Morgan fingerprint density at radius 1 is 1.67 bits per heavy atom. The van der Waals surface area contributed by atoms with Gasteiger partial charge in [0, 0.05) is 6.92 Å². The normalized spacial score (nSPS) is 11.1. The van der Waals surface area contributed by atoms with Crippen LogP contribution in [0.5, 0.6) is 0 Å². The van der Waals surface area contributed by atoms with Crippen LogP contribution in [0.4, 0.5) is 0 Å². The summed E-state index contributed by atoms with van der Waals surface area (Å²) in [6, 6.07) is 0. The van der Waals surface area contributed by atoms with Crippen LogP contribution in [0, 0.1) is 0 Å². The van der Waals surface area contributed by atoms with Gasteiger partial charge in [0.25, 0.3) is 0 Å². The molecule has 0 fully saturated rings. The van der Waals surface area contributed by atoms with Crippen molar-refractivity contribution in [3.8, 4) is 0 Å². The average molecular weight is 132 g/mol. The van der Waals surface area contributed by atoms with Gasteiger partial charge in [-0.3, -0.25) is 9.63 Å². The number of nitrogens with one attached hydrogen (secondary N) is 1. The fraction of sp³-hybridized carbons (Fsp3) is 0.800. The van der Waals surface area contributed by atoms with Crippen molar-refractivity contribution in [3.63, 3.8) is 0 Å². The molecule has 4 heteroatoms. The molecule has 0 aliphatic rings. The minimum absolute atomic E-state index is 0.162. The van der Waals surface area contributed by atoms with E-state index in [1.807, 2.05) is 0 Å². The number of carbonyl (C=O) groups is 1. The van der Waals surface area contributed by atoms with Crippen molar-refractivity contribution in [1.29, 1.82) is 0 Å². The van der Waals surface area contributed by atoms with Gasteiger partial charge in [-0.2, -0.15) is 0 Å². The first-order valence-electron chi connectivity index (χ1n) is 2.64. The Kier molecular flexibility index (Phi) is 2.61. The molecule has 0 aromatic heterocycles. The number of amides is 1. The number of rotatable bonds is 2. The van der Waals surface area contributed by atoms with Crippen molar-refractivity contribution in [2.24, 2.45) is 5.90 Å². The summed E-state index contributed by atoms with van der Waals surface area (Å²) < 4.78 is 0. The molecule has 0 rings (SSSR count). The van der Waals surface area contributed by atoms with Crippen molar-refractivity contribution in [2.75, 3.05) is 0 Å². The Morgan fingerprint density at radius 3 is 2.22 bits per heavy atom. The Labute approximate surface area is 54.3 Å². The predicted molar refractivity (Wildman–Crippen MR) is 33.2 cm³/mol. The van der Waals surface area contributed by atoms with Crippen LogP contribution in [0.2, 0.25) is 0 Å². The molecule has 54 valence electrons. The number of hydrogen-bond acceptors (Lipinski definition) is 3. The Morgan fingerprint density at radius 2 is 2.11 bits per heavy atom. The molecule has 1 amide bonds. The summed E-state index contributed by atoms with van der Waals surface area (Å²) in [5.41, 5.74) is -0.758. The first-order valence-corrected chi connectivity index (χ1v) is 2.64. The Balaban J connectivity index is 3.71. The van der Waals surface area contributed by atoms with Crippen molar-refractivity contribution in [1.82, 2.24) is 5.32 Å². The molecule has 0 saturated heterocycles. The molecule has 0 heterocycles. The maximum Gasteiger partial charge on any atom is 0.219 e. The third-order valence-electron chi connectivity index (χ3n) is 0.772. The highest BCUT2D eigenvalue weighted by atomic mass is 16.6. The molecule has 0 saturated carbocycles. The van der Waals surface area contributed by atoms with Gasteiger partial charge in [-0.15, -0.1) is 0 Å². The molecule has 0 aromatic carbocycles. The van der Waals surface area contributed by atoms with Gasteiger partial charge in [0.05, 0.1) is 0 Å². The van der Waals surface area contributed by atoms with E-state index in [2.05, 4.69) is 10.2 Å². The first kappa shape index (κ1) is 8.39. The van der Waals surface area contributed by atoms with Gasteiger partial charge in [-0.05, 0) is 13.8 Å². The largest absolute Gasteiger partial charge is 0.327 e. The molecule has 0 radical (unpaired) electrons. The van der Waals surface area contributed by atoms with E-state index in [0.29, 0.717) is 0 Å². The van der Waals surface area contributed by atoms with E-state index in [1.54, 1.807) is 13.8 Å². The molecule has 0 spiro atoms. The quantitative estimate of drug-likeness (QED) is 0.402. The SMILES string of the molecule is CC(=O)NC(C)(C)ON. The fourth-order valence-electron chi connectivity index (χ4n) is 0.453. The average Bonchev–Trinajstić information content (AvgIpc) is 1.63. The van der Waals surface area contributed by atoms with Crippen LogP contribution < -0.4 is 11.2 Å². The monoisotopic (exact) mass is 132 g/mol. The maximum atomic E-state index is 10.4. The molecule has 3 N–H and O–H groups in total. The van der Waals surface area contributed by atoms with Crippen LogP contribution in [-0.4, -0.2) is 11.6 Å². The number of hydrogen-bond donors (Lipinski definition) is 2. The topological polar surface area (TPSA) is 64.3 Å². The van der Waals surface area contributed by atoms with Gasteiger partial charge in [-0.1, -0.05) is 0 Å². The van der Waals surface area contributed by atoms with E-state index in [1.165, 1.54) is 6.92 Å². The van der Waals surface area contributed by atoms with Crippen LogP contribution in [0.1, 0.15) is 20.8 Å². The highest BCUT2D eigenvalue weighted by molar-refractivity contribution is 5.73. The molecule has 4 nitrogen and oxygen atoms in total. The summed E-state index contributed by atoms with van der Waals surface area (Å²) in [5.74, 6) is 4.68. The summed E-state index contributed by atoms with van der Waals surface area (Å²) in [7, 11) is 0. The van der Waals surface area contributed by atoms with E-state index in [4.69, 9.17) is 5.90 Å². The van der Waals surface area contributed by atoms with Gasteiger partial charge in [0.15, 0.2) is 5.72 Å². The molecule has 0 atom stereocenters. The standard InChI is InChI=1S/C5H12N2O2/c1-4(8)7-5(2,3)9-6/h6H2,1-3H3,(H,7,8). The lowest BCUT2D eigenvalue weighted by Gasteiger charge is -2.21. The van der Waals surface area contributed by atoms with E-state index >= 15 is 0 Å². The van der Waals surface area contributed by atoms with Crippen LogP contribution in [0.25, 0.3) is 0 Å². The molecule has 0 bridgehead atoms. The van der Waals surface area contributed by atoms with Gasteiger partial charge in [0.2, 0.25) is 5.91 Å². The fourth-order valence-corrected chi connectivity index (χ4v) is 0.453. The van der Waals surface area contributed by atoms with Crippen molar-refractivity contribution >= 4 is 5.91 Å². The maximum absolute atomic E-state index is 10.4. The minimum Gasteiger partial charge on any atom is -0.327 e. The second kappa shape index (κ2) is 2.80. The van der Waals surface area contributed by atoms with E-state index in [9.17, 15) is 4.79 Å². The molecule has 0 aliphatic carbocycles.